The van der Waals surface area contributed by atoms with Crippen LogP contribution in [0.25, 0.3) is 0 Å². The summed E-state index contributed by atoms with van der Waals surface area (Å²) in [6.45, 7) is 9.48. The molecule has 5 nitrogen and oxygen atoms in total. The molecule has 0 bridgehead atoms. The Bertz CT molecular complexity index is 838. The van der Waals surface area contributed by atoms with Gasteiger partial charge in [0.1, 0.15) is 5.75 Å². The maximum absolute atomic E-state index is 13.3. The van der Waals surface area contributed by atoms with E-state index in [4.69, 9.17) is 4.74 Å². The number of hydrazine groups is 1. The number of aryl methyl sites for hydroxylation is 1. The fourth-order valence-electron chi connectivity index (χ4n) is 2.92. The van der Waals surface area contributed by atoms with Crippen molar-refractivity contribution in [3.63, 3.8) is 0 Å². The van der Waals surface area contributed by atoms with Crippen molar-refractivity contribution < 1.29 is 14.3 Å². The Hall–Kier alpha value is -2.82. The topological polar surface area (TPSA) is 58.6 Å². The minimum atomic E-state index is -0.608. The SMILES string of the molecule is CCc1ccccc1C(=O)NN(C(=O)c1cccc(OC)c1C)C(C)(C)C. The number of hydrogen-bond acceptors (Lipinski definition) is 3. The molecular weight excluding hydrogens is 340 g/mol. The predicted molar refractivity (Wildman–Crippen MR) is 107 cm³/mol. The van der Waals surface area contributed by atoms with Crippen LogP contribution in [0.15, 0.2) is 42.5 Å². The van der Waals surface area contributed by atoms with Crippen LogP contribution in [-0.4, -0.2) is 29.5 Å². The summed E-state index contributed by atoms with van der Waals surface area (Å²) < 4.78 is 5.32. The normalized spacial score (nSPS) is 11.0. The van der Waals surface area contributed by atoms with E-state index < -0.39 is 5.54 Å². The first-order valence-electron chi connectivity index (χ1n) is 9.07. The third kappa shape index (κ3) is 4.48. The van der Waals surface area contributed by atoms with Crippen LogP contribution in [0.2, 0.25) is 0 Å². The summed E-state index contributed by atoms with van der Waals surface area (Å²) in [6, 6.07) is 12.7. The molecule has 5 heteroatoms. The molecule has 0 saturated heterocycles. The number of hydrogen-bond donors (Lipinski definition) is 1. The molecule has 0 spiro atoms. The lowest BCUT2D eigenvalue weighted by Gasteiger charge is -2.36. The highest BCUT2D eigenvalue weighted by Gasteiger charge is 2.31. The van der Waals surface area contributed by atoms with E-state index >= 15 is 0 Å². The number of amides is 2. The molecular formula is C22H28N2O3. The van der Waals surface area contributed by atoms with Crippen LogP contribution in [0, 0.1) is 6.92 Å². The summed E-state index contributed by atoms with van der Waals surface area (Å²) in [5.74, 6) is 0.0647. The largest absolute Gasteiger partial charge is 0.496 e. The smallest absolute Gasteiger partial charge is 0.273 e. The Morgan fingerprint density at radius 3 is 2.26 bits per heavy atom. The number of nitrogens with zero attached hydrogens (tertiary/aromatic N) is 1. The standard InChI is InChI=1S/C22H28N2O3/c1-7-16-11-8-9-12-18(16)20(25)23-24(22(3,4)5)21(26)17-13-10-14-19(27-6)15(17)2/h8-14H,7H2,1-6H3,(H,23,25). The van der Waals surface area contributed by atoms with Crippen molar-refractivity contribution in [1.29, 1.82) is 0 Å². The maximum Gasteiger partial charge on any atom is 0.273 e. The first-order chi connectivity index (χ1) is 12.7. The molecule has 144 valence electrons. The van der Waals surface area contributed by atoms with Crippen LogP contribution in [0.3, 0.4) is 0 Å². The molecule has 0 aliphatic rings. The number of nitrogens with one attached hydrogen (secondary N) is 1. The summed E-state index contributed by atoms with van der Waals surface area (Å²) in [4.78, 5) is 26.2. The molecule has 0 unspecified atom stereocenters. The fourth-order valence-corrected chi connectivity index (χ4v) is 2.92. The molecule has 0 aliphatic carbocycles. The highest BCUT2D eigenvalue weighted by Crippen LogP contribution is 2.24. The van der Waals surface area contributed by atoms with Crippen molar-refractivity contribution in [3.8, 4) is 5.75 Å². The van der Waals surface area contributed by atoms with Crippen molar-refractivity contribution in [2.45, 2.75) is 46.6 Å². The van der Waals surface area contributed by atoms with Crippen LogP contribution in [-0.2, 0) is 6.42 Å². The zero-order valence-corrected chi connectivity index (χ0v) is 16.9. The summed E-state index contributed by atoms with van der Waals surface area (Å²) in [7, 11) is 1.57. The quantitative estimate of drug-likeness (QED) is 0.825. The third-order valence-electron chi connectivity index (χ3n) is 4.46. The van der Waals surface area contributed by atoms with Gasteiger partial charge in [-0.05, 0) is 57.9 Å². The van der Waals surface area contributed by atoms with E-state index in [1.165, 1.54) is 5.01 Å². The zero-order valence-electron chi connectivity index (χ0n) is 16.9. The lowest BCUT2D eigenvalue weighted by Crippen LogP contribution is -2.56. The van der Waals surface area contributed by atoms with E-state index in [9.17, 15) is 9.59 Å². The lowest BCUT2D eigenvalue weighted by molar-refractivity contribution is 0.0357. The minimum Gasteiger partial charge on any atom is -0.496 e. The van der Waals surface area contributed by atoms with Gasteiger partial charge < -0.3 is 4.74 Å². The van der Waals surface area contributed by atoms with E-state index in [0.29, 0.717) is 16.9 Å². The number of benzene rings is 2. The van der Waals surface area contributed by atoms with Crippen LogP contribution in [0.5, 0.6) is 5.75 Å². The van der Waals surface area contributed by atoms with Gasteiger partial charge in [0.05, 0.1) is 12.6 Å². The van der Waals surface area contributed by atoms with Gasteiger partial charge in [0, 0.05) is 16.7 Å². The van der Waals surface area contributed by atoms with Crippen molar-refractivity contribution in [1.82, 2.24) is 10.4 Å². The molecule has 0 aliphatic heterocycles. The zero-order chi connectivity index (χ0) is 20.2. The van der Waals surface area contributed by atoms with Gasteiger partial charge in [0.15, 0.2) is 0 Å². The Labute approximate surface area is 161 Å². The number of carbonyl (C=O) groups is 2. The van der Waals surface area contributed by atoms with E-state index in [2.05, 4.69) is 5.43 Å². The molecule has 2 rings (SSSR count). The molecule has 0 saturated carbocycles. The summed E-state index contributed by atoms with van der Waals surface area (Å²) in [5.41, 5.74) is 4.95. The molecule has 0 radical (unpaired) electrons. The van der Waals surface area contributed by atoms with Crippen LogP contribution in [0.1, 0.15) is 59.5 Å². The number of ether oxygens (including phenoxy) is 1. The summed E-state index contributed by atoms with van der Waals surface area (Å²) in [6.07, 6.45) is 0.738. The van der Waals surface area contributed by atoms with Crippen molar-refractivity contribution in [2.75, 3.05) is 7.11 Å². The second-order valence-corrected chi connectivity index (χ2v) is 7.40. The van der Waals surface area contributed by atoms with Crippen molar-refractivity contribution >= 4 is 11.8 Å². The minimum absolute atomic E-state index is 0.277. The van der Waals surface area contributed by atoms with E-state index in [1.807, 2.05) is 58.9 Å². The number of rotatable bonds is 4. The first kappa shape index (κ1) is 20.5. The van der Waals surface area contributed by atoms with Gasteiger partial charge >= 0.3 is 0 Å². The average molecular weight is 368 g/mol. The Morgan fingerprint density at radius 2 is 1.67 bits per heavy atom. The molecule has 2 aromatic rings. The van der Waals surface area contributed by atoms with Gasteiger partial charge in [-0.25, -0.2) is 5.01 Å². The highest BCUT2D eigenvalue weighted by molar-refractivity contribution is 6.01. The van der Waals surface area contributed by atoms with Gasteiger partial charge in [0.25, 0.3) is 11.8 Å². The van der Waals surface area contributed by atoms with Crippen molar-refractivity contribution in [2.24, 2.45) is 0 Å². The van der Waals surface area contributed by atoms with Gasteiger partial charge in [0.2, 0.25) is 0 Å². The highest BCUT2D eigenvalue weighted by atomic mass is 16.5. The molecule has 0 fully saturated rings. The van der Waals surface area contributed by atoms with E-state index in [1.54, 1.807) is 25.3 Å². The predicted octanol–water partition coefficient (Wildman–Crippen LogP) is 4.15. The first-order valence-corrected chi connectivity index (χ1v) is 9.07. The van der Waals surface area contributed by atoms with Crippen LogP contribution in [0.4, 0.5) is 0 Å². The Kier molecular flexibility index (Phi) is 6.26. The average Bonchev–Trinajstić information content (AvgIpc) is 2.64. The number of carbonyl (C=O) groups excluding carboxylic acids is 2. The molecule has 0 heterocycles. The van der Waals surface area contributed by atoms with Gasteiger partial charge in [-0.3, -0.25) is 15.0 Å². The van der Waals surface area contributed by atoms with E-state index in [0.717, 1.165) is 17.5 Å². The summed E-state index contributed by atoms with van der Waals surface area (Å²) >= 11 is 0. The molecule has 2 aromatic carbocycles. The molecule has 1 N–H and O–H groups in total. The summed E-state index contributed by atoms with van der Waals surface area (Å²) in [5, 5.41) is 1.39. The van der Waals surface area contributed by atoms with Gasteiger partial charge in [-0.1, -0.05) is 31.2 Å². The van der Waals surface area contributed by atoms with Crippen LogP contribution < -0.4 is 10.2 Å². The molecule has 2 amide bonds. The third-order valence-corrected chi connectivity index (χ3v) is 4.46. The molecule has 27 heavy (non-hydrogen) atoms. The van der Waals surface area contributed by atoms with Gasteiger partial charge in [-0.15, -0.1) is 0 Å². The Morgan fingerprint density at radius 1 is 1.04 bits per heavy atom. The van der Waals surface area contributed by atoms with E-state index in [-0.39, 0.29) is 11.8 Å². The number of methoxy groups -OCH3 is 1. The molecule has 0 aromatic heterocycles. The lowest BCUT2D eigenvalue weighted by atomic mass is 10.0. The van der Waals surface area contributed by atoms with Crippen molar-refractivity contribution in [3.05, 3.63) is 64.7 Å². The monoisotopic (exact) mass is 368 g/mol. The molecule has 0 atom stereocenters. The second kappa shape index (κ2) is 8.25. The fraction of sp³-hybridized carbons (Fsp3) is 0.364. The second-order valence-electron chi connectivity index (χ2n) is 7.40. The Balaban J connectivity index is 2.39. The maximum atomic E-state index is 13.3. The van der Waals surface area contributed by atoms with Gasteiger partial charge in [-0.2, -0.15) is 0 Å². The van der Waals surface area contributed by atoms with Crippen LogP contribution >= 0.6 is 0 Å².